The first-order chi connectivity index (χ1) is 7.59. The molecule has 4 heteroatoms. The van der Waals surface area contributed by atoms with Crippen LogP contribution < -0.4 is 5.32 Å². The lowest BCUT2D eigenvalue weighted by atomic mass is 10.0. The molecule has 0 aliphatic carbocycles. The summed E-state index contributed by atoms with van der Waals surface area (Å²) in [6.45, 7) is 7.86. The Hall–Kier alpha value is -0.610. The summed E-state index contributed by atoms with van der Waals surface area (Å²) in [4.78, 5) is 14.2. The molecule has 0 aromatic heterocycles. The number of rotatable bonds is 3. The van der Waals surface area contributed by atoms with E-state index in [0.29, 0.717) is 12.5 Å². The van der Waals surface area contributed by atoms with Gasteiger partial charge in [-0.2, -0.15) is 0 Å². The summed E-state index contributed by atoms with van der Waals surface area (Å²) >= 11 is 0. The van der Waals surface area contributed by atoms with Gasteiger partial charge in [-0.15, -0.1) is 0 Å². The third-order valence-corrected chi connectivity index (χ3v) is 3.42. The Morgan fingerprint density at radius 1 is 1.56 bits per heavy atom. The molecule has 2 saturated heterocycles. The van der Waals surface area contributed by atoms with Gasteiger partial charge in [0.15, 0.2) is 0 Å². The molecule has 2 fully saturated rings. The molecule has 2 rings (SSSR count). The average molecular weight is 226 g/mol. The van der Waals surface area contributed by atoms with Crippen LogP contribution in [0.15, 0.2) is 0 Å². The van der Waals surface area contributed by atoms with Gasteiger partial charge in [-0.1, -0.05) is 13.8 Å². The van der Waals surface area contributed by atoms with Gasteiger partial charge in [0.25, 0.3) is 0 Å². The Balaban J connectivity index is 2.01. The molecule has 0 spiro atoms. The van der Waals surface area contributed by atoms with Gasteiger partial charge in [-0.05, 0) is 25.7 Å². The van der Waals surface area contributed by atoms with E-state index in [4.69, 9.17) is 4.74 Å². The Kier molecular flexibility index (Phi) is 3.50. The molecule has 0 saturated carbocycles. The zero-order valence-corrected chi connectivity index (χ0v) is 10.4. The summed E-state index contributed by atoms with van der Waals surface area (Å²) in [5.74, 6) is 0.810. The van der Waals surface area contributed by atoms with Gasteiger partial charge in [-0.25, -0.2) is 0 Å². The van der Waals surface area contributed by atoms with Crippen molar-refractivity contribution in [2.75, 3.05) is 13.2 Å². The van der Waals surface area contributed by atoms with Crippen molar-refractivity contribution in [1.82, 2.24) is 10.2 Å². The fourth-order valence-electron chi connectivity index (χ4n) is 2.69. The number of ether oxygens (including phenoxy) is 1. The van der Waals surface area contributed by atoms with Crippen molar-refractivity contribution in [3.05, 3.63) is 0 Å². The van der Waals surface area contributed by atoms with Crippen LogP contribution in [0.3, 0.4) is 0 Å². The molecule has 1 N–H and O–H groups in total. The van der Waals surface area contributed by atoms with Gasteiger partial charge in [0.05, 0.1) is 24.9 Å². The van der Waals surface area contributed by atoms with E-state index < -0.39 is 0 Å². The Labute approximate surface area is 97.3 Å². The highest BCUT2D eigenvalue weighted by atomic mass is 16.5. The van der Waals surface area contributed by atoms with E-state index in [9.17, 15) is 4.79 Å². The minimum atomic E-state index is 0.00981. The number of hydrogen-bond donors (Lipinski definition) is 1. The maximum Gasteiger partial charge on any atom is 0.241 e. The van der Waals surface area contributed by atoms with Gasteiger partial charge in [0.2, 0.25) is 5.91 Å². The van der Waals surface area contributed by atoms with Crippen molar-refractivity contribution in [3.63, 3.8) is 0 Å². The molecule has 16 heavy (non-hydrogen) atoms. The van der Waals surface area contributed by atoms with Crippen molar-refractivity contribution in [2.45, 2.75) is 51.9 Å². The summed E-state index contributed by atoms with van der Waals surface area (Å²) in [5.41, 5.74) is 0. The molecule has 0 bridgehead atoms. The number of carbonyl (C=O) groups excluding carboxylic acids is 1. The van der Waals surface area contributed by atoms with Crippen molar-refractivity contribution in [2.24, 2.45) is 5.92 Å². The first kappa shape index (κ1) is 11.9. The van der Waals surface area contributed by atoms with Gasteiger partial charge in [-0.3, -0.25) is 10.1 Å². The second kappa shape index (κ2) is 4.72. The lowest BCUT2D eigenvalue weighted by Crippen LogP contribution is -2.43. The minimum Gasteiger partial charge on any atom is -0.379 e. The molecule has 0 radical (unpaired) electrons. The second-order valence-corrected chi connectivity index (χ2v) is 5.29. The molecular formula is C12H22N2O2. The summed E-state index contributed by atoms with van der Waals surface area (Å²) in [5, 5.41) is 3.38. The topological polar surface area (TPSA) is 41.6 Å². The van der Waals surface area contributed by atoms with Crippen molar-refractivity contribution >= 4 is 5.91 Å². The van der Waals surface area contributed by atoms with Gasteiger partial charge < -0.3 is 9.64 Å². The Bertz CT molecular complexity index is 262. The van der Waals surface area contributed by atoms with Crippen LogP contribution in [0.4, 0.5) is 0 Å². The van der Waals surface area contributed by atoms with Crippen molar-refractivity contribution < 1.29 is 9.53 Å². The highest BCUT2D eigenvalue weighted by molar-refractivity contribution is 5.84. The largest absolute Gasteiger partial charge is 0.379 e. The molecule has 0 aromatic carbocycles. The molecule has 1 amide bonds. The average Bonchev–Trinajstić information content (AvgIpc) is 2.76. The molecule has 2 heterocycles. The summed E-state index contributed by atoms with van der Waals surface area (Å²) in [6, 6.07) is 0.294. The van der Waals surface area contributed by atoms with Gasteiger partial charge in [0, 0.05) is 6.61 Å². The molecular weight excluding hydrogens is 204 g/mol. The van der Waals surface area contributed by atoms with Crippen LogP contribution in [0, 0.1) is 5.92 Å². The van der Waals surface area contributed by atoms with Crippen LogP contribution >= 0.6 is 0 Å². The van der Waals surface area contributed by atoms with E-state index in [-0.39, 0.29) is 24.2 Å². The quantitative estimate of drug-likeness (QED) is 0.779. The predicted molar refractivity (Wildman–Crippen MR) is 61.9 cm³/mol. The molecule has 3 unspecified atom stereocenters. The zero-order chi connectivity index (χ0) is 11.7. The Morgan fingerprint density at radius 3 is 2.88 bits per heavy atom. The molecule has 2 aliphatic rings. The lowest BCUT2D eigenvalue weighted by molar-refractivity contribution is -0.132. The van der Waals surface area contributed by atoms with Crippen molar-refractivity contribution in [3.8, 4) is 0 Å². The first-order valence-corrected chi connectivity index (χ1v) is 6.25. The minimum absolute atomic E-state index is 0.00981. The fourth-order valence-corrected chi connectivity index (χ4v) is 2.69. The maximum atomic E-state index is 12.2. The van der Waals surface area contributed by atoms with Crippen LogP contribution in [0.5, 0.6) is 0 Å². The van der Waals surface area contributed by atoms with Crippen LogP contribution in [-0.4, -0.2) is 42.3 Å². The first-order valence-electron chi connectivity index (χ1n) is 6.25. The predicted octanol–water partition coefficient (Wildman–Crippen LogP) is 0.968. The lowest BCUT2D eigenvalue weighted by Gasteiger charge is -2.26. The summed E-state index contributed by atoms with van der Waals surface area (Å²) in [7, 11) is 0. The normalized spacial score (nSPS) is 35.4. The monoisotopic (exact) mass is 226 g/mol. The van der Waals surface area contributed by atoms with E-state index in [2.05, 4.69) is 26.1 Å². The number of nitrogens with one attached hydrogen (secondary N) is 1. The maximum absolute atomic E-state index is 12.2. The molecule has 2 aliphatic heterocycles. The van der Waals surface area contributed by atoms with Crippen LogP contribution in [0.1, 0.15) is 33.6 Å². The zero-order valence-electron chi connectivity index (χ0n) is 10.4. The van der Waals surface area contributed by atoms with Crippen LogP contribution in [0.2, 0.25) is 0 Å². The third kappa shape index (κ3) is 2.23. The van der Waals surface area contributed by atoms with Crippen LogP contribution in [0.25, 0.3) is 0 Å². The summed E-state index contributed by atoms with van der Waals surface area (Å²) in [6.07, 6.45) is 2.06. The van der Waals surface area contributed by atoms with E-state index >= 15 is 0 Å². The standard InChI is InChI=1S/C12H22N2O2/c1-8(2)6-11-12(15)14(9(3)13-11)10-4-5-16-7-10/h8-11,13H,4-7H2,1-3H3. The van der Waals surface area contributed by atoms with Gasteiger partial charge >= 0.3 is 0 Å². The highest BCUT2D eigenvalue weighted by Crippen LogP contribution is 2.23. The molecule has 92 valence electrons. The Morgan fingerprint density at radius 2 is 2.31 bits per heavy atom. The molecule has 3 atom stereocenters. The van der Waals surface area contributed by atoms with Crippen molar-refractivity contribution in [1.29, 1.82) is 0 Å². The number of hydrogen-bond acceptors (Lipinski definition) is 3. The third-order valence-electron chi connectivity index (χ3n) is 3.42. The van der Waals surface area contributed by atoms with E-state index in [1.54, 1.807) is 0 Å². The number of nitrogens with zero attached hydrogens (tertiary/aromatic N) is 1. The number of amides is 1. The molecule has 0 aromatic rings. The van der Waals surface area contributed by atoms with E-state index in [0.717, 1.165) is 19.4 Å². The smallest absolute Gasteiger partial charge is 0.241 e. The second-order valence-electron chi connectivity index (χ2n) is 5.29. The SMILES string of the molecule is CC(C)CC1NC(C)N(C2CCOC2)C1=O. The van der Waals surface area contributed by atoms with E-state index in [1.807, 2.05) is 4.90 Å². The highest BCUT2D eigenvalue weighted by Gasteiger charge is 2.41. The van der Waals surface area contributed by atoms with E-state index in [1.165, 1.54) is 0 Å². The summed E-state index contributed by atoms with van der Waals surface area (Å²) < 4.78 is 5.36. The van der Waals surface area contributed by atoms with Gasteiger partial charge in [0.1, 0.15) is 0 Å². The van der Waals surface area contributed by atoms with Crippen LogP contribution in [-0.2, 0) is 9.53 Å². The molecule has 4 nitrogen and oxygen atoms in total. The fraction of sp³-hybridized carbons (Fsp3) is 0.917. The number of carbonyl (C=O) groups is 1.